The third-order valence-corrected chi connectivity index (χ3v) is 3.25. The second kappa shape index (κ2) is 3.89. The van der Waals surface area contributed by atoms with Gasteiger partial charge in [-0.3, -0.25) is 10.1 Å². The molecule has 0 bridgehead atoms. The highest BCUT2D eigenvalue weighted by Gasteiger charge is 2.52. The lowest BCUT2D eigenvalue weighted by atomic mass is 10.2. The minimum Gasteiger partial charge on any atom is -0.465 e. The Morgan fingerprint density at radius 3 is 2.57 bits per heavy atom. The fraction of sp³-hybridized carbons (Fsp3) is 0.909. The van der Waals surface area contributed by atoms with Crippen molar-refractivity contribution in [3.8, 4) is 0 Å². The molecule has 2 fully saturated rings. The van der Waals surface area contributed by atoms with Gasteiger partial charge in [0.05, 0.1) is 6.61 Å². The topological polar surface area (TPSA) is 38.3 Å². The Morgan fingerprint density at radius 2 is 2.07 bits per heavy atom. The number of carbonyl (C=O) groups excluding carboxylic acids is 1. The Hall–Kier alpha value is -0.570. The second-order valence-electron chi connectivity index (χ2n) is 4.43. The quantitative estimate of drug-likeness (QED) is 0.696. The molecule has 0 unspecified atom stereocenters. The van der Waals surface area contributed by atoms with Crippen LogP contribution in [0.4, 0.5) is 0 Å². The van der Waals surface area contributed by atoms with Crippen molar-refractivity contribution in [2.75, 3.05) is 6.61 Å². The molecule has 14 heavy (non-hydrogen) atoms. The van der Waals surface area contributed by atoms with Crippen LogP contribution >= 0.6 is 0 Å². The Labute approximate surface area is 85.2 Å². The van der Waals surface area contributed by atoms with Crippen molar-refractivity contribution in [3.05, 3.63) is 0 Å². The van der Waals surface area contributed by atoms with Crippen LogP contribution in [0.15, 0.2) is 0 Å². The van der Waals surface area contributed by atoms with Crippen molar-refractivity contribution in [2.24, 2.45) is 0 Å². The molecule has 3 nitrogen and oxygen atoms in total. The summed E-state index contributed by atoms with van der Waals surface area (Å²) in [6, 6.07) is 0.557. The smallest absolute Gasteiger partial charge is 0.326 e. The predicted molar refractivity (Wildman–Crippen MR) is 54.0 cm³/mol. The van der Waals surface area contributed by atoms with Crippen molar-refractivity contribution < 1.29 is 9.53 Å². The maximum absolute atomic E-state index is 11.6. The fourth-order valence-corrected chi connectivity index (χ4v) is 2.26. The number of ether oxygens (including phenoxy) is 1. The molecule has 1 N–H and O–H groups in total. The monoisotopic (exact) mass is 197 g/mol. The standard InChI is InChI=1S/C11H19NO2/c1-2-14-10(13)11(7-8-11)12-9-5-3-4-6-9/h9,12H,2-8H2,1H3. The average molecular weight is 197 g/mol. The molecule has 2 saturated carbocycles. The van der Waals surface area contributed by atoms with E-state index in [2.05, 4.69) is 5.32 Å². The van der Waals surface area contributed by atoms with Gasteiger partial charge in [-0.05, 0) is 32.6 Å². The molecule has 3 heteroatoms. The van der Waals surface area contributed by atoms with Gasteiger partial charge in [0.2, 0.25) is 0 Å². The van der Waals surface area contributed by atoms with E-state index in [1.54, 1.807) is 0 Å². The number of nitrogens with one attached hydrogen (secondary N) is 1. The first kappa shape index (κ1) is 9.97. The first-order valence-electron chi connectivity index (χ1n) is 5.72. The zero-order valence-electron chi connectivity index (χ0n) is 8.84. The van der Waals surface area contributed by atoms with Crippen LogP contribution in [0.5, 0.6) is 0 Å². The zero-order chi connectivity index (χ0) is 10.0. The highest BCUT2D eigenvalue weighted by Crippen LogP contribution is 2.38. The number of rotatable bonds is 4. The zero-order valence-corrected chi connectivity index (χ0v) is 8.84. The van der Waals surface area contributed by atoms with Gasteiger partial charge in [0.15, 0.2) is 0 Å². The highest BCUT2D eigenvalue weighted by molar-refractivity contribution is 5.84. The van der Waals surface area contributed by atoms with Gasteiger partial charge in [0.25, 0.3) is 0 Å². The Balaban J connectivity index is 1.85. The third-order valence-electron chi connectivity index (χ3n) is 3.25. The van der Waals surface area contributed by atoms with Gasteiger partial charge in [0, 0.05) is 6.04 Å². The molecule has 0 atom stereocenters. The second-order valence-corrected chi connectivity index (χ2v) is 4.43. The highest BCUT2D eigenvalue weighted by atomic mass is 16.5. The molecular weight excluding hydrogens is 178 g/mol. The van der Waals surface area contributed by atoms with Crippen LogP contribution in [-0.4, -0.2) is 24.2 Å². The largest absolute Gasteiger partial charge is 0.465 e. The molecule has 0 spiro atoms. The van der Waals surface area contributed by atoms with E-state index in [-0.39, 0.29) is 11.5 Å². The van der Waals surface area contributed by atoms with E-state index in [1.165, 1.54) is 25.7 Å². The predicted octanol–water partition coefficient (Wildman–Crippen LogP) is 1.61. The summed E-state index contributed by atoms with van der Waals surface area (Å²) in [5, 5.41) is 3.48. The van der Waals surface area contributed by atoms with E-state index < -0.39 is 0 Å². The molecule has 0 saturated heterocycles. The number of esters is 1. The van der Waals surface area contributed by atoms with Gasteiger partial charge in [-0.15, -0.1) is 0 Å². The lowest BCUT2D eigenvalue weighted by molar-refractivity contribution is -0.147. The van der Waals surface area contributed by atoms with Crippen LogP contribution in [0, 0.1) is 0 Å². The average Bonchev–Trinajstić information content (AvgIpc) is 2.75. The van der Waals surface area contributed by atoms with Crippen molar-refractivity contribution in [1.29, 1.82) is 0 Å². The minimum absolute atomic E-state index is 0.0353. The van der Waals surface area contributed by atoms with Crippen LogP contribution in [0.1, 0.15) is 45.4 Å². The van der Waals surface area contributed by atoms with E-state index in [1.807, 2.05) is 6.92 Å². The van der Waals surface area contributed by atoms with E-state index in [4.69, 9.17) is 4.74 Å². The number of hydrogen-bond acceptors (Lipinski definition) is 3. The lowest BCUT2D eigenvalue weighted by Gasteiger charge is -2.20. The van der Waals surface area contributed by atoms with Gasteiger partial charge < -0.3 is 4.74 Å². The van der Waals surface area contributed by atoms with Crippen LogP contribution in [0.3, 0.4) is 0 Å². The normalized spacial score (nSPS) is 24.9. The molecule has 2 aliphatic carbocycles. The molecule has 2 rings (SSSR count). The SMILES string of the molecule is CCOC(=O)C1(NC2CCCC2)CC1. The Bertz CT molecular complexity index is 217. The van der Waals surface area contributed by atoms with Gasteiger partial charge in [0.1, 0.15) is 5.54 Å². The molecule has 2 aliphatic rings. The first-order chi connectivity index (χ1) is 6.77. The van der Waals surface area contributed by atoms with Crippen molar-refractivity contribution >= 4 is 5.97 Å². The molecule has 0 amide bonds. The maximum atomic E-state index is 11.6. The maximum Gasteiger partial charge on any atom is 0.326 e. The fourth-order valence-electron chi connectivity index (χ4n) is 2.26. The van der Waals surface area contributed by atoms with Crippen LogP contribution in [0.25, 0.3) is 0 Å². The van der Waals surface area contributed by atoms with E-state index in [9.17, 15) is 4.79 Å². The van der Waals surface area contributed by atoms with E-state index in [0.29, 0.717) is 12.6 Å². The van der Waals surface area contributed by atoms with Crippen molar-refractivity contribution in [2.45, 2.75) is 57.0 Å². The van der Waals surface area contributed by atoms with Crippen molar-refractivity contribution in [3.63, 3.8) is 0 Å². The van der Waals surface area contributed by atoms with E-state index in [0.717, 1.165) is 12.8 Å². The molecule has 0 radical (unpaired) electrons. The summed E-state index contributed by atoms with van der Waals surface area (Å²) in [6.07, 6.45) is 6.97. The van der Waals surface area contributed by atoms with E-state index >= 15 is 0 Å². The van der Waals surface area contributed by atoms with Gasteiger partial charge >= 0.3 is 5.97 Å². The molecule has 0 heterocycles. The molecule has 0 aliphatic heterocycles. The first-order valence-corrected chi connectivity index (χ1v) is 5.72. The third kappa shape index (κ3) is 1.92. The molecule has 0 aromatic rings. The summed E-state index contributed by atoms with van der Waals surface area (Å²) in [7, 11) is 0. The Kier molecular flexibility index (Phi) is 2.77. The number of hydrogen-bond donors (Lipinski definition) is 1. The van der Waals surface area contributed by atoms with Crippen molar-refractivity contribution in [1.82, 2.24) is 5.32 Å². The molecular formula is C11H19NO2. The van der Waals surface area contributed by atoms with Gasteiger partial charge in [-0.1, -0.05) is 12.8 Å². The van der Waals surface area contributed by atoms with Crippen LogP contribution in [-0.2, 0) is 9.53 Å². The summed E-state index contributed by atoms with van der Waals surface area (Å²) in [4.78, 5) is 11.6. The molecule has 80 valence electrons. The Morgan fingerprint density at radius 1 is 1.43 bits per heavy atom. The summed E-state index contributed by atoms with van der Waals surface area (Å²) in [5.74, 6) is -0.0353. The molecule has 0 aromatic carbocycles. The van der Waals surface area contributed by atoms with Crippen LogP contribution < -0.4 is 5.32 Å². The van der Waals surface area contributed by atoms with Gasteiger partial charge in [-0.25, -0.2) is 0 Å². The number of carbonyl (C=O) groups is 1. The lowest BCUT2D eigenvalue weighted by Crippen LogP contribution is -2.45. The summed E-state index contributed by atoms with van der Waals surface area (Å²) < 4.78 is 5.08. The molecule has 0 aromatic heterocycles. The summed E-state index contributed by atoms with van der Waals surface area (Å²) >= 11 is 0. The van der Waals surface area contributed by atoms with Crippen LogP contribution in [0.2, 0.25) is 0 Å². The summed E-state index contributed by atoms with van der Waals surface area (Å²) in [5.41, 5.74) is -0.287. The minimum atomic E-state index is -0.287. The summed E-state index contributed by atoms with van der Waals surface area (Å²) in [6.45, 7) is 2.36. The van der Waals surface area contributed by atoms with Gasteiger partial charge in [-0.2, -0.15) is 0 Å².